The summed E-state index contributed by atoms with van der Waals surface area (Å²) in [6, 6.07) is 6.33. The lowest BCUT2D eigenvalue weighted by molar-refractivity contribution is 0.221. The number of rotatable bonds is 13. The number of benzene rings is 1. The van der Waals surface area contributed by atoms with Gasteiger partial charge < -0.3 is 0 Å². The van der Waals surface area contributed by atoms with Crippen LogP contribution >= 0.6 is 0 Å². The topological polar surface area (TPSA) is 0 Å². The zero-order chi connectivity index (χ0) is 22.6. The van der Waals surface area contributed by atoms with Crippen molar-refractivity contribution < 1.29 is 4.39 Å². The quantitative estimate of drug-likeness (QED) is 0.224. The Morgan fingerprint density at radius 3 is 2.30 bits per heavy atom. The van der Waals surface area contributed by atoms with Gasteiger partial charge in [-0.2, -0.15) is 0 Å². The van der Waals surface area contributed by atoms with Gasteiger partial charge in [0.15, 0.2) is 0 Å². The fourth-order valence-electron chi connectivity index (χ4n) is 3.78. The summed E-state index contributed by atoms with van der Waals surface area (Å²) >= 11 is 0. The molecule has 1 aromatic rings. The molecule has 0 fully saturated rings. The molecule has 0 aliphatic rings. The minimum absolute atomic E-state index is 0.759. The number of unbranched alkanes of at least 4 members (excludes halogenated alkanes) is 3. The third-order valence-corrected chi connectivity index (χ3v) is 5.49. The molecule has 166 valence electrons. The Morgan fingerprint density at radius 2 is 1.77 bits per heavy atom. The molecular formula is C29H43F. The molecule has 0 spiro atoms. The van der Waals surface area contributed by atoms with Crippen molar-refractivity contribution in [2.24, 2.45) is 0 Å². The number of allylic oxidation sites excluding steroid dienone is 7. The fourth-order valence-corrected chi connectivity index (χ4v) is 3.78. The van der Waals surface area contributed by atoms with Gasteiger partial charge in [-0.1, -0.05) is 90.0 Å². The summed E-state index contributed by atoms with van der Waals surface area (Å²) in [6.07, 6.45) is 17.4. The normalized spacial score (nSPS) is 13.6. The van der Waals surface area contributed by atoms with Crippen molar-refractivity contribution in [2.75, 3.05) is 0 Å². The van der Waals surface area contributed by atoms with Crippen molar-refractivity contribution in [2.45, 2.75) is 98.6 Å². The van der Waals surface area contributed by atoms with Gasteiger partial charge in [0.05, 0.1) is 0 Å². The van der Waals surface area contributed by atoms with E-state index in [1.54, 1.807) is 13.8 Å². The van der Waals surface area contributed by atoms with Crippen LogP contribution in [0.5, 0.6) is 0 Å². The summed E-state index contributed by atoms with van der Waals surface area (Å²) in [5.41, 5.74) is 5.11. The molecule has 0 saturated heterocycles. The van der Waals surface area contributed by atoms with Crippen LogP contribution in [0.3, 0.4) is 0 Å². The average Bonchev–Trinajstić information content (AvgIpc) is 2.72. The average molecular weight is 411 g/mol. The molecule has 30 heavy (non-hydrogen) atoms. The van der Waals surface area contributed by atoms with Crippen molar-refractivity contribution in [1.82, 2.24) is 0 Å². The van der Waals surface area contributed by atoms with E-state index in [0.29, 0.717) is 0 Å². The lowest BCUT2D eigenvalue weighted by Crippen LogP contribution is -2.13. The zero-order valence-corrected chi connectivity index (χ0v) is 20.3. The van der Waals surface area contributed by atoms with Crippen molar-refractivity contribution in [3.63, 3.8) is 0 Å². The first-order valence-corrected chi connectivity index (χ1v) is 11.9. The van der Waals surface area contributed by atoms with Gasteiger partial charge in [-0.05, 0) is 85.4 Å². The van der Waals surface area contributed by atoms with Crippen LogP contribution < -0.4 is 0 Å². The third kappa shape index (κ3) is 8.09. The van der Waals surface area contributed by atoms with Gasteiger partial charge in [0.2, 0.25) is 0 Å². The second kappa shape index (κ2) is 13.4. The van der Waals surface area contributed by atoms with Crippen molar-refractivity contribution in [1.29, 1.82) is 0 Å². The SMILES string of the molecule is C=C\C(=C/C(=C/CCC)C(=C\CC)/CC)c1ccc(CCCCC)cc1C(C)(C)F. The van der Waals surface area contributed by atoms with Crippen LogP contribution in [0.4, 0.5) is 4.39 Å². The first kappa shape index (κ1) is 26.1. The molecule has 0 N–H and O–H groups in total. The van der Waals surface area contributed by atoms with Gasteiger partial charge in [0.25, 0.3) is 0 Å². The van der Waals surface area contributed by atoms with E-state index < -0.39 is 5.67 Å². The van der Waals surface area contributed by atoms with E-state index >= 15 is 4.39 Å². The Labute approximate surface area is 185 Å². The maximum absolute atomic E-state index is 15.2. The van der Waals surface area contributed by atoms with Gasteiger partial charge in [-0.15, -0.1) is 0 Å². The van der Waals surface area contributed by atoms with E-state index in [1.165, 1.54) is 29.6 Å². The Hall–Kier alpha value is -1.89. The second-order valence-corrected chi connectivity index (χ2v) is 8.55. The molecule has 0 saturated carbocycles. The first-order valence-electron chi connectivity index (χ1n) is 11.9. The molecule has 0 nitrogen and oxygen atoms in total. The van der Waals surface area contributed by atoms with Crippen LogP contribution in [-0.2, 0) is 12.1 Å². The predicted octanol–water partition coefficient (Wildman–Crippen LogP) is 9.67. The van der Waals surface area contributed by atoms with Crippen LogP contribution in [0.15, 0.2) is 60.2 Å². The van der Waals surface area contributed by atoms with E-state index in [1.807, 2.05) is 6.08 Å². The predicted molar refractivity (Wildman–Crippen MR) is 134 cm³/mol. The maximum atomic E-state index is 15.2. The van der Waals surface area contributed by atoms with Gasteiger partial charge in [0.1, 0.15) is 5.67 Å². The van der Waals surface area contributed by atoms with Gasteiger partial charge >= 0.3 is 0 Å². The van der Waals surface area contributed by atoms with Crippen molar-refractivity contribution in [3.05, 3.63) is 76.9 Å². The number of hydrogen-bond acceptors (Lipinski definition) is 0. The van der Waals surface area contributed by atoms with Crippen molar-refractivity contribution >= 4 is 5.57 Å². The highest BCUT2D eigenvalue weighted by atomic mass is 19.1. The monoisotopic (exact) mass is 410 g/mol. The number of hydrogen-bond donors (Lipinski definition) is 0. The minimum Gasteiger partial charge on any atom is -0.239 e. The minimum atomic E-state index is -1.40. The molecule has 1 rings (SSSR count). The first-order chi connectivity index (χ1) is 14.3. The van der Waals surface area contributed by atoms with Gasteiger partial charge in [-0.25, -0.2) is 4.39 Å². The standard InChI is InChI=1S/C29H43F/c1-8-13-15-17-23-19-20-27(28(21-23)29(6,7)30)25(12-5)22-26(18-14-9-2)24(11-4)16-10-3/h12,16,18-22H,5,8-11,13-15,17H2,1-4,6-7H3/b24-16-,25-22+,26-18-. The fraction of sp³-hybridized carbons (Fsp3) is 0.517. The van der Waals surface area contributed by atoms with E-state index in [-0.39, 0.29) is 0 Å². The lowest BCUT2D eigenvalue weighted by Gasteiger charge is -2.22. The molecule has 0 aliphatic carbocycles. The molecule has 0 atom stereocenters. The molecule has 0 amide bonds. The Kier molecular flexibility index (Phi) is 11.7. The van der Waals surface area contributed by atoms with Gasteiger partial charge in [-0.3, -0.25) is 0 Å². The number of alkyl halides is 1. The Morgan fingerprint density at radius 1 is 1.03 bits per heavy atom. The molecule has 0 heterocycles. The number of halogens is 1. The molecule has 0 unspecified atom stereocenters. The second-order valence-electron chi connectivity index (χ2n) is 8.55. The molecule has 1 heteroatoms. The largest absolute Gasteiger partial charge is 0.239 e. The Bertz CT molecular complexity index is 753. The third-order valence-electron chi connectivity index (χ3n) is 5.49. The van der Waals surface area contributed by atoms with Crippen LogP contribution in [-0.4, -0.2) is 0 Å². The summed E-state index contributed by atoms with van der Waals surface area (Å²) in [5, 5.41) is 0. The summed E-state index contributed by atoms with van der Waals surface area (Å²) in [7, 11) is 0. The highest BCUT2D eigenvalue weighted by Crippen LogP contribution is 2.35. The van der Waals surface area contributed by atoms with Crippen LogP contribution in [0, 0.1) is 0 Å². The van der Waals surface area contributed by atoms with Crippen LogP contribution in [0.2, 0.25) is 0 Å². The van der Waals surface area contributed by atoms with E-state index in [2.05, 4.69) is 70.7 Å². The zero-order valence-electron chi connectivity index (χ0n) is 20.3. The lowest BCUT2D eigenvalue weighted by atomic mass is 9.86. The summed E-state index contributed by atoms with van der Waals surface area (Å²) in [6.45, 7) is 16.2. The molecule has 0 aliphatic heterocycles. The van der Waals surface area contributed by atoms with E-state index in [0.717, 1.165) is 55.2 Å². The van der Waals surface area contributed by atoms with Gasteiger partial charge in [0, 0.05) is 0 Å². The molecular weight excluding hydrogens is 367 g/mol. The van der Waals surface area contributed by atoms with E-state index in [9.17, 15) is 0 Å². The smallest absolute Gasteiger partial charge is 0.131 e. The molecule has 0 bridgehead atoms. The van der Waals surface area contributed by atoms with Crippen LogP contribution in [0.1, 0.15) is 103 Å². The summed E-state index contributed by atoms with van der Waals surface area (Å²) < 4.78 is 15.2. The maximum Gasteiger partial charge on any atom is 0.131 e. The van der Waals surface area contributed by atoms with E-state index in [4.69, 9.17) is 0 Å². The summed E-state index contributed by atoms with van der Waals surface area (Å²) in [5.74, 6) is 0. The highest BCUT2D eigenvalue weighted by molar-refractivity contribution is 5.79. The molecule has 1 aromatic carbocycles. The van der Waals surface area contributed by atoms with Crippen molar-refractivity contribution in [3.8, 4) is 0 Å². The molecule has 0 aromatic heterocycles. The summed E-state index contributed by atoms with van der Waals surface area (Å²) in [4.78, 5) is 0. The van der Waals surface area contributed by atoms with Crippen LogP contribution in [0.25, 0.3) is 5.57 Å². The Balaban J connectivity index is 3.51. The molecule has 0 radical (unpaired) electrons. The number of aryl methyl sites for hydroxylation is 1. The highest BCUT2D eigenvalue weighted by Gasteiger charge is 2.24.